The molecule has 0 aromatic rings. The second-order valence-corrected chi connectivity index (χ2v) is 11.9. The van der Waals surface area contributed by atoms with Crippen molar-refractivity contribution in [3.63, 3.8) is 0 Å². The van der Waals surface area contributed by atoms with Crippen LogP contribution in [0.25, 0.3) is 0 Å². The summed E-state index contributed by atoms with van der Waals surface area (Å²) < 4.78 is 6.72. The first kappa shape index (κ1) is 17.9. The summed E-state index contributed by atoms with van der Waals surface area (Å²) in [5.74, 6) is 0.498. The van der Waals surface area contributed by atoms with Crippen molar-refractivity contribution in [3.8, 4) is 0 Å². The average molecular weight is 271 g/mol. The minimum Gasteiger partial charge on any atom is -0.413 e. The first-order chi connectivity index (χ1) is 8.20. The van der Waals surface area contributed by atoms with Gasteiger partial charge in [-0.2, -0.15) is 0 Å². The fourth-order valence-electron chi connectivity index (χ4n) is 3.30. The van der Waals surface area contributed by atoms with E-state index in [1.807, 2.05) is 0 Å². The second kappa shape index (κ2) is 7.49. The van der Waals surface area contributed by atoms with Crippen molar-refractivity contribution in [1.29, 1.82) is 0 Å². The molecular weight excluding hydrogens is 236 g/mol. The predicted octanol–water partition coefficient (Wildman–Crippen LogP) is 5.78. The fourth-order valence-corrected chi connectivity index (χ4v) is 8.97. The molecule has 0 saturated carbocycles. The number of hydrogen-bond acceptors (Lipinski definition) is 1. The summed E-state index contributed by atoms with van der Waals surface area (Å²) in [5, 5.41) is 0. The van der Waals surface area contributed by atoms with E-state index in [1.54, 1.807) is 0 Å². The molecule has 0 saturated heterocycles. The minimum atomic E-state index is -1.72. The van der Waals surface area contributed by atoms with Crippen LogP contribution in [0.2, 0.25) is 16.6 Å². The molecule has 18 heavy (non-hydrogen) atoms. The van der Waals surface area contributed by atoms with Gasteiger partial charge in [0.1, 0.15) is 0 Å². The summed E-state index contributed by atoms with van der Waals surface area (Å²) in [7, 11) is -1.72. The zero-order valence-electron chi connectivity index (χ0n) is 13.9. The molecule has 0 amide bonds. The molecule has 0 heterocycles. The van der Waals surface area contributed by atoms with Gasteiger partial charge in [-0.1, -0.05) is 60.6 Å². The summed E-state index contributed by atoms with van der Waals surface area (Å²) in [6, 6.07) is 0. The number of rotatable bonds is 7. The van der Waals surface area contributed by atoms with E-state index in [4.69, 9.17) is 4.43 Å². The van der Waals surface area contributed by atoms with Crippen molar-refractivity contribution in [2.75, 3.05) is 0 Å². The van der Waals surface area contributed by atoms with Crippen molar-refractivity contribution in [3.05, 3.63) is 12.2 Å². The molecule has 0 aliphatic heterocycles. The maximum Gasteiger partial charge on any atom is 0.200 e. The van der Waals surface area contributed by atoms with Gasteiger partial charge in [0.25, 0.3) is 0 Å². The molecule has 0 bridgehead atoms. The van der Waals surface area contributed by atoms with Crippen LogP contribution >= 0.6 is 0 Å². The first-order valence-corrected chi connectivity index (χ1v) is 9.64. The van der Waals surface area contributed by atoms with Gasteiger partial charge < -0.3 is 4.43 Å². The lowest BCUT2D eigenvalue weighted by Gasteiger charge is -2.45. The van der Waals surface area contributed by atoms with E-state index in [1.165, 1.54) is 0 Å². The molecule has 0 aliphatic rings. The molecule has 0 aliphatic carbocycles. The van der Waals surface area contributed by atoms with Gasteiger partial charge in [-0.15, -0.1) is 0 Å². The van der Waals surface area contributed by atoms with Gasteiger partial charge in [-0.3, -0.25) is 0 Å². The lowest BCUT2D eigenvalue weighted by molar-refractivity contribution is 0.157. The lowest BCUT2D eigenvalue weighted by atomic mass is 10.1. The van der Waals surface area contributed by atoms with Crippen molar-refractivity contribution in [2.45, 2.75) is 85.0 Å². The Hall–Kier alpha value is -0.0831. The Bertz CT molecular complexity index is 234. The summed E-state index contributed by atoms with van der Waals surface area (Å²) in [6.45, 7) is 20.7. The molecule has 0 rings (SSSR count). The molecule has 0 aromatic heterocycles. The van der Waals surface area contributed by atoms with E-state index in [9.17, 15) is 0 Å². The van der Waals surface area contributed by atoms with Crippen LogP contribution in [0, 0.1) is 5.92 Å². The summed E-state index contributed by atoms with van der Waals surface area (Å²) in [4.78, 5) is 0. The maximum absolute atomic E-state index is 6.72. The molecule has 0 unspecified atom stereocenters. The molecule has 0 N–H and O–H groups in total. The van der Waals surface area contributed by atoms with Gasteiger partial charge in [-0.05, 0) is 36.4 Å². The zero-order chi connectivity index (χ0) is 14.5. The Labute approximate surface area is 116 Å². The molecule has 0 fully saturated rings. The van der Waals surface area contributed by atoms with Crippen molar-refractivity contribution in [1.82, 2.24) is 0 Å². The monoisotopic (exact) mass is 270 g/mol. The van der Waals surface area contributed by atoms with Gasteiger partial charge in [0, 0.05) is 6.10 Å². The maximum atomic E-state index is 6.72. The molecule has 2 atom stereocenters. The van der Waals surface area contributed by atoms with E-state index in [2.05, 4.69) is 74.5 Å². The third kappa shape index (κ3) is 3.96. The van der Waals surface area contributed by atoms with Crippen LogP contribution in [0.5, 0.6) is 0 Å². The summed E-state index contributed by atoms with van der Waals surface area (Å²) in [6.07, 6.45) is 4.71. The Morgan fingerprint density at radius 2 is 1.17 bits per heavy atom. The Morgan fingerprint density at radius 3 is 1.44 bits per heavy atom. The van der Waals surface area contributed by atoms with Crippen LogP contribution in [0.4, 0.5) is 0 Å². The van der Waals surface area contributed by atoms with Crippen molar-refractivity contribution >= 4 is 8.32 Å². The van der Waals surface area contributed by atoms with Crippen LogP contribution in [0.15, 0.2) is 12.2 Å². The summed E-state index contributed by atoms with van der Waals surface area (Å²) >= 11 is 0. The molecule has 1 nitrogen and oxygen atoms in total. The second-order valence-electron chi connectivity index (χ2n) is 6.53. The highest BCUT2D eigenvalue weighted by atomic mass is 28.4. The lowest BCUT2D eigenvalue weighted by Crippen LogP contribution is -2.50. The topological polar surface area (TPSA) is 9.23 Å². The standard InChI is InChI=1S/C16H34OSi/c1-10-11-15(8)16(9)17-18(12(2)3,13(4)5)14(6)7/h10-16H,1-9H3/b11-10-/t15-,16+/m0/s1. The van der Waals surface area contributed by atoms with Gasteiger partial charge in [0.15, 0.2) is 0 Å². The number of allylic oxidation sites excluding steroid dienone is 1. The highest BCUT2D eigenvalue weighted by Crippen LogP contribution is 2.43. The number of hydrogen-bond donors (Lipinski definition) is 0. The molecular formula is C16H34OSi. The van der Waals surface area contributed by atoms with Gasteiger partial charge >= 0.3 is 0 Å². The summed E-state index contributed by atoms with van der Waals surface area (Å²) in [5.41, 5.74) is 1.99. The normalized spacial score (nSPS) is 17.1. The smallest absolute Gasteiger partial charge is 0.200 e. The van der Waals surface area contributed by atoms with E-state index in [0.717, 1.165) is 0 Å². The van der Waals surface area contributed by atoms with E-state index < -0.39 is 8.32 Å². The van der Waals surface area contributed by atoms with Crippen molar-refractivity contribution < 1.29 is 4.43 Å². The fraction of sp³-hybridized carbons (Fsp3) is 0.875. The van der Waals surface area contributed by atoms with Crippen LogP contribution in [-0.2, 0) is 4.43 Å². The largest absolute Gasteiger partial charge is 0.413 e. The van der Waals surface area contributed by atoms with Crippen LogP contribution in [-0.4, -0.2) is 14.4 Å². The Kier molecular flexibility index (Phi) is 7.46. The van der Waals surface area contributed by atoms with Crippen LogP contribution in [0.1, 0.15) is 62.3 Å². The van der Waals surface area contributed by atoms with E-state index in [0.29, 0.717) is 28.6 Å². The third-order valence-electron chi connectivity index (χ3n) is 4.33. The average Bonchev–Trinajstić information content (AvgIpc) is 2.24. The Balaban J connectivity index is 5.12. The van der Waals surface area contributed by atoms with E-state index >= 15 is 0 Å². The predicted molar refractivity (Wildman–Crippen MR) is 85.6 cm³/mol. The van der Waals surface area contributed by atoms with Crippen LogP contribution in [0.3, 0.4) is 0 Å². The van der Waals surface area contributed by atoms with Gasteiger partial charge in [0.05, 0.1) is 0 Å². The zero-order valence-corrected chi connectivity index (χ0v) is 14.9. The van der Waals surface area contributed by atoms with Gasteiger partial charge in [0.2, 0.25) is 8.32 Å². The van der Waals surface area contributed by atoms with E-state index in [-0.39, 0.29) is 0 Å². The minimum absolute atomic E-state index is 0.320. The third-order valence-corrected chi connectivity index (χ3v) is 10.5. The SMILES string of the molecule is C/C=C\[C@H](C)[C@@H](C)O[Si](C(C)C)(C(C)C)C(C)C. The Morgan fingerprint density at radius 1 is 0.778 bits per heavy atom. The molecule has 2 heteroatoms. The molecule has 0 aromatic carbocycles. The highest BCUT2D eigenvalue weighted by molar-refractivity contribution is 6.77. The first-order valence-electron chi connectivity index (χ1n) is 7.50. The quantitative estimate of drug-likeness (QED) is 0.421. The molecule has 0 spiro atoms. The molecule has 0 radical (unpaired) electrons. The van der Waals surface area contributed by atoms with Crippen molar-refractivity contribution in [2.24, 2.45) is 5.92 Å². The van der Waals surface area contributed by atoms with Crippen LogP contribution < -0.4 is 0 Å². The highest BCUT2D eigenvalue weighted by Gasteiger charge is 2.46. The molecule has 108 valence electrons. The van der Waals surface area contributed by atoms with Gasteiger partial charge in [-0.25, -0.2) is 0 Å².